The maximum atomic E-state index is 12.1. The molecule has 0 radical (unpaired) electrons. The SMILES string of the molecule is COc1ccc(-c2noc(Cn3c(=O)oc4cc(Cl)ccc43)n2)cc1OC. The van der Waals surface area contributed by atoms with Crippen LogP contribution in [0.15, 0.2) is 50.1 Å². The third-order valence-electron chi connectivity index (χ3n) is 4.03. The zero-order valence-corrected chi connectivity index (χ0v) is 15.2. The number of nitrogens with zero attached hydrogens (tertiary/aromatic N) is 3. The van der Waals surface area contributed by atoms with Gasteiger partial charge in [-0.15, -0.1) is 0 Å². The molecule has 4 rings (SSSR count). The second-order valence-electron chi connectivity index (χ2n) is 5.65. The minimum atomic E-state index is -0.530. The first kappa shape index (κ1) is 17.2. The Balaban J connectivity index is 1.66. The minimum Gasteiger partial charge on any atom is -0.493 e. The fourth-order valence-electron chi connectivity index (χ4n) is 2.74. The lowest BCUT2D eigenvalue weighted by molar-refractivity contribution is 0.355. The van der Waals surface area contributed by atoms with Crippen molar-refractivity contribution in [3.8, 4) is 22.9 Å². The average Bonchev–Trinajstić information content (AvgIpc) is 3.26. The molecule has 138 valence electrons. The van der Waals surface area contributed by atoms with Gasteiger partial charge in [0.05, 0.1) is 19.7 Å². The Morgan fingerprint density at radius 3 is 2.70 bits per heavy atom. The number of aromatic nitrogens is 3. The highest BCUT2D eigenvalue weighted by atomic mass is 35.5. The fraction of sp³-hybridized carbons (Fsp3) is 0.167. The first-order valence-corrected chi connectivity index (χ1v) is 8.30. The number of oxazole rings is 1. The van der Waals surface area contributed by atoms with Gasteiger partial charge in [-0.2, -0.15) is 4.98 Å². The van der Waals surface area contributed by atoms with Gasteiger partial charge in [0, 0.05) is 16.7 Å². The Bertz CT molecular complexity index is 1180. The highest BCUT2D eigenvalue weighted by molar-refractivity contribution is 6.31. The van der Waals surface area contributed by atoms with Gasteiger partial charge >= 0.3 is 5.76 Å². The van der Waals surface area contributed by atoms with Crippen molar-refractivity contribution in [2.75, 3.05) is 14.2 Å². The van der Waals surface area contributed by atoms with E-state index >= 15 is 0 Å². The molecule has 0 saturated heterocycles. The number of halogens is 1. The summed E-state index contributed by atoms with van der Waals surface area (Å²) in [6.07, 6.45) is 0. The highest BCUT2D eigenvalue weighted by Crippen LogP contribution is 2.31. The predicted octanol–water partition coefficient (Wildman–Crippen LogP) is 3.36. The normalized spacial score (nSPS) is 11.1. The molecule has 0 amide bonds. The molecule has 0 unspecified atom stereocenters. The third kappa shape index (κ3) is 3.15. The van der Waals surface area contributed by atoms with Crippen LogP contribution in [0.4, 0.5) is 0 Å². The maximum Gasteiger partial charge on any atom is 0.420 e. The van der Waals surface area contributed by atoms with Crippen molar-refractivity contribution in [2.24, 2.45) is 0 Å². The van der Waals surface area contributed by atoms with Gasteiger partial charge in [-0.3, -0.25) is 4.57 Å². The standard InChI is InChI=1S/C18H14ClN3O5/c1-24-13-6-3-10(7-15(13)25-2)17-20-16(27-21-17)9-22-12-5-4-11(19)8-14(12)26-18(22)23/h3-8H,9H2,1-2H3. The van der Waals surface area contributed by atoms with E-state index in [1.54, 1.807) is 50.6 Å². The van der Waals surface area contributed by atoms with E-state index in [4.69, 9.17) is 30.0 Å². The summed E-state index contributed by atoms with van der Waals surface area (Å²) >= 11 is 5.93. The van der Waals surface area contributed by atoms with E-state index in [2.05, 4.69) is 10.1 Å². The molecule has 2 heterocycles. The summed E-state index contributed by atoms with van der Waals surface area (Å²) in [5, 5.41) is 4.46. The molecule has 2 aromatic carbocycles. The lowest BCUT2D eigenvalue weighted by Crippen LogP contribution is -2.15. The largest absolute Gasteiger partial charge is 0.493 e. The predicted molar refractivity (Wildman–Crippen MR) is 97.4 cm³/mol. The molecule has 0 atom stereocenters. The van der Waals surface area contributed by atoms with E-state index in [1.807, 2.05) is 0 Å². The monoisotopic (exact) mass is 387 g/mol. The first-order chi connectivity index (χ1) is 13.1. The minimum absolute atomic E-state index is 0.0771. The van der Waals surface area contributed by atoms with Crippen LogP contribution in [0, 0.1) is 0 Å². The smallest absolute Gasteiger partial charge is 0.420 e. The molecule has 0 N–H and O–H groups in total. The number of fused-ring (bicyclic) bond motifs is 1. The topological polar surface area (TPSA) is 92.5 Å². The molecule has 27 heavy (non-hydrogen) atoms. The van der Waals surface area contributed by atoms with Crippen molar-refractivity contribution in [1.82, 2.24) is 14.7 Å². The number of benzene rings is 2. The molecule has 2 aromatic heterocycles. The molecule has 0 spiro atoms. The summed E-state index contributed by atoms with van der Waals surface area (Å²) in [5.74, 6) is 1.25. The summed E-state index contributed by atoms with van der Waals surface area (Å²) < 4.78 is 22.4. The van der Waals surface area contributed by atoms with Gasteiger partial charge in [0.15, 0.2) is 17.1 Å². The quantitative estimate of drug-likeness (QED) is 0.518. The van der Waals surface area contributed by atoms with E-state index in [-0.39, 0.29) is 12.4 Å². The molecule has 0 aliphatic carbocycles. The van der Waals surface area contributed by atoms with Crippen molar-refractivity contribution >= 4 is 22.7 Å². The van der Waals surface area contributed by atoms with Crippen molar-refractivity contribution < 1.29 is 18.4 Å². The first-order valence-electron chi connectivity index (χ1n) is 7.93. The average molecular weight is 388 g/mol. The van der Waals surface area contributed by atoms with Crippen LogP contribution in [0.2, 0.25) is 5.02 Å². The molecule has 4 aromatic rings. The van der Waals surface area contributed by atoms with Gasteiger partial charge in [0.2, 0.25) is 11.7 Å². The number of hydrogen-bond donors (Lipinski definition) is 0. The Morgan fingerprint density at radius 2 is 1.93 bits per heavy atom. The summed E-state index contributed by atoms with van der Waals surface area (Å²) in [4.78, 5) is 16.5. The van der Waals surface area contributed by atoms with Gasteiger partial charge in [0.25, 0.3) is 0 Å². The molecule has 0 aliphatic heterocycles. The summed E-state index contributed by atoms with van der Waals surface area (Å²) in [6, 6.07) is 10.2. The van der Waals surface area contributed by atoms with Crippen LogP contribution in [0.5, 0.6) is 11.5 Å². The van der Waals surface area contributed by atoms with E-state index < -0.39 is 5.76 Å². The van der Waals surface area contributed by atoms with Crippen LogP contribution >= 0.6 is 11.6 Å². The Kier molecular flexibility index (Phi) is 4.33. The third-order valence-corrected chi connectivity index (χ3v) is 4.27. The zero-order valence-electron chi connectivity index (χ0n) is 14.4. The number of ether oxygens (including phenoxy) is 2. The van der Waals surface area contributed by atoms with E-state index in [0.29, 0.717) is 39.0 Å². The van der Waals surface area contributed by atoms with Crippen molar-refractivity contribution in [3.63, 3.8) is 0 Å². The molecule has 9 heteroatoms. The number of methoxy groups -OCH3 is 2. The van der Waals surface area contributed by atoms with Gasteiger partial charge in [-0.1, -0.05) is 16.8 Å². The van der Waals surface area contributed by atoms with Gasteiger partial charge < -0.3 is 18.4 Å². The van der Waals surface area contributed by atoms with Crippen LogP contribution in [-0.4, -0.2) is 28.9 Å². The van der Waals surface area contributed by atoms with E-state index in [1.165, 1.54) is 4.57 Å². The van der Waals surface area contributed by atoms with Crippen LogP contribution in [0.25, 0.3) is 22.5 Å². The highest BCUT2D eigenvalue weighted by Gasteiger charge is 2.16. The van der Waals surface area contributed by atoms with Crippen LogP contribution in [0.1, 0.15) is 5.89 Å². The lowest BCUT2D eigenvalue weighted by atomic mass is 10.2. The zero-order chi connectivity index (χ0) is 19.0. The van der Waals surface area contributed by atoms with Crippen LogP contribution < -0.4 is 15.2 Å². The molecule has 8 nitrogen and oxygen atoms in total. The van der Waals surface area contributed by atoms with E-state index in [9.17, 15) is 4.79 Å². The van der Waals surface area contributed by atoms with Gasteiger partial charge in [-0.05, 0) is 30.3 Å². The number of hydrogen-bond acceptors (Lipinski definition) is 7. The van der Waals surface area contributed by atoms with Gasteiger partial charge in [0.1, 0.15) is 6.54 Å². The second kappa shape index (κ2) is 6.81. The van der Waals surface area contributed by atoms with Crippen LogP contribution in [-0.2, 0) is 6.54 Å². The molecule has 0 fully saturated rings. The van der Waals surface area contributed by atoms with Crippen molar-refractivity contribution in [1.29, 1.82) is 0 Å². The fourth-order valence-corrected chi connectivity index (χ4v) is 2.90. The van der Waals surface area contributed by atoms with Crippen molar-refractivity contribution in [2.45, 2.75) is 6.54 Å². The Labute approximate surface area is 157 Å². The van der Waals surface area contributed by atoms with Gasteiger partial charge in [-0.25, -0.2) is 4.79 Å². The molecular weight excluding hydrogens is 374 g/mol. The molecule has 0 aliphatic rings. The summed E-state index contributed by atoms with van der Waals surface area (Å²) in [7, 11) is 3.11. The second-order valence-corrected chi connectivity index (χ2v) is 6.08. The molecule has 0 saturated carbocycles. The van der Waals surface area contributed by atoms with Crippen LogP contribution in [0.3, 0.4) is 0 Å². The van der Waals surface area contributed by atoms with Crippen molar-refractivity contribution in [3.05, 3.63) is 57.9 Å². The summed E-state index contributed by atoms with van der Waals surface area (Å²) in [6.45, 7) is 0.0771. The number of rotatable bonds is 5. The summed E-state index contributed by atoms with van der Waals surface area (Å²) in [5.41, 5.74) is 1.68. The molecular formula is C18H14ClN3O5. The Hall–Kier alpha value is -3.26. The van der Waals surface area contributed by atoms with E-state index in [0.717, 1.165) is 0 Å². The molecule has 0 bridgehead atoms. The maximum absolute atomic E-state index is 12.1. The Morgan fingerprint density at radius 1 is 1.11 bits per heavy atom. The lowest BCUT2D eigenvalue weighted by Gasteiger charge is -2.07.